The molecule has 0 amide bonds. The molecule has 4 atom stereocenters. The SMILES string of the molecule is Cc1cn([C@@H]2O[C@@](CO)(C(F)(F)F)[C@@H](O)[C@H]2O)c(=O)nc1N. The molecule has 1 aromatic rings. The first kappa shape index (κ1) is 16.7. The third-order valence-corrected chi connectivity index (χ3v) is 3.59. The Bertz CT molecular complexity index is 634. The number of hydrogen-bond acceptors (Lipinski definition) is 7. The van der Waals surface area contributed by atoms with Crippen molar-refractivity contribution in [3.05, 3.63) is 22.2 Å². The second-order valence-corrected chi connectivity index (χ2v) is 4.99. The number of rotatable bonds is 2. The fraction of sp³-hybridized carbons (Fsp3) is 0.636. The molecule has 8 nitrogen and oxygen atoms in total. The van der Waals surface area contributed by atoms with Crippen LogP contribution in [0, 0.1) is 6.92 Å². The lowest BCUT2D eigenvalue weighted by Crippen LogP contribution is -2.57. The monoisotopic (exact) mass is 325 g/mol. The Hall–Kier alpha value is -1.69. The number of anilines is 1. The third-order valence-electron chi connectivity index (χ3n) is 3.59. The Morgan fingerprint density at radius 3 is 2.55 bits per heavy atom. The topological polar surface area (TPSA) is 131 Å². The molecule has 1 aromatic heterocycles. The number of nitrogens with two attached hydrogens (primary N) is 1. The fourth-order valence-electron chi connectivity index (χ4n) is 2.22. The highest BCUT2D eigenvalue weighted by molar-refractivity contribution is 5.35. The number of ether oxygens (including phenoxy) is 1. The number of halogens is 3. The van der Waals surface area contributed by atoms with Gasteiger partial charge in [0.25, 0.3) is 0 Å². The van der Waals surface area contributed by atoms with E-state index in [4.69, 9.17) is 10.8 Å². The van der Waals surface area contributed by atoms with Crippen LogP contribution in [-0.2, 0) is 4.74 Å². The Morgan fingerprint density at radius 2 is 2.09 bits per heavy atom. The van der Waals surface area contributed by atoms with E-state index in [9.17, 15) is 28.2 Å². The van der Waals surface area contributed by atoms with Crippen LogP contribution in [0.25, 0.3) is 0 Å². The predicted molar refractivity (Wildman–Crippen MR) is 65.7 cm³/mol. The first-order valence-corrected chi connectivity index (χ1v) is 6.12. The van der Waals surface area contributed by atoms with Gasteiger partial charge in [-0.05, 0) is 6.92 Å². The number of aryl methyl sites for hydroxylation is 1. The van der Waals surface area contributed by atoms with Gasteiger partial charge in [-0.1, -0.05) is 0 Å². The molecule has 0 radical (unpaired) electrons. The molecule has 0 unspecified atom stereocenters. The lowest BCUT2D eigenvalue weighted by atomic mass is 9.95. The molecular weight excluding hydrogens is 311 g/mol. The highest BCUT2D eigenvalue weighted by Gasteiger charge is 2.69. The summed E-state index contributed by atoms with van der Waals surface area (Å²) in [6.45, 7) is -0.180. The van der Waals surface area contributed by atoms with Gasteiger partial charge >= 0.3 is 11.9 Å². The number of nitrogen functional groups attached to an aromatic ring is 1. The van der Waals surface area contributed by atoms with E-state index in [1.54, 1.807) is 0 Å². The second-order valence-electron chi connectivity index (χ2n) is 4.99. The van der Waals surface area contributed by atoms with E-state index in [0.29, 0.717) is 4.57 Å². The average Bonchev–Trinajstić information content (AvgIpc) is 2.67. The van der Waals surface area contributed by atoms with Gasteiger partial charge in [-0.3, -0.25) is 4.57 Å². The maximum atomic E-state index is 13.1. The molecular formula is C11H14F3N3O5. The molecule has 0 spiro atoms. The number of aliphatic hydroxyl groups is 3. The van der Waals surface area contributed by atoms with E-state index in [0.717, 1.165) is 6.20 Å². The van der Waals surface area contributed by atoms with Crippen LogP contribution in [-0.4, -0.2) is 55.5 Å². The molecule has 0 aliphatic carbocycles. The quantitative estimate of drug-likeness (QED) is 0.530. The van der Waals surface area contributed by atoms with Crippen molar-refractivity contribution in [2.24, 2.45) is 0 Å². The minimum absolute atomic E-state index is 0.126. The standard InChI is InChI=1S/C11H14F3N3O5/c1-4-2-17(9(21)16-7(4)15)8-5(19)6(20)10(3-18,22-8)11(12,13)14/h2,5-6,8,18-20H,3H2,1H3,(H2,15,16,21)/t5-,6+,8-,10-/m1/s1. The first-order chi connectivity index (χ1) is 10.0. The first-order valence-electron chi connectivity index (χ1n) is 6.12. The molecule has 1 aliphatic rings. The molecule has 0 bridgehead atoms. The zero-order valence-corrected chi connectivity index (χ0v) is 11.3. The maximum absolute atomic E-state index is 13.1. The van der Waals surface area contributed by atoms with Crippen molar-refractivity contribution in [2.75, 3.05) is 12.3 Å². The zero-order valence-electron chi connectivity index (χ0n) is 11.3. The van der Waals surface area contributed by atoms with Crippen molar-refractivity contribution in [2.45, 2.75) is 37.1 Å². The van der Waals surface area contributed by atoms with Crippen molar-refractivity contribution < 1.29 is 33.2 Å². The average molecular weight is 325 g/mol. The molecule has 0 saturated carbocycles. The summed E-state index contributed by atoms with van der Waals surface area (Å²) in [5.74, 6) is -0.126. The summed E-state index contributed by atoms with van der Waals surface area (Å²) in [6.07, 6.45) is -10.6. The van der Waals surface area contributed by atoms with Gasteiger partial charge in [0.1, 0.15) is 18.0 Å². The lowest BCUT2D eigenvalue weighted by molar-refractivity contribution is -0.306. The van der Waals surface area contributed by atoms with Gasteiger partial charge in [0.2, 0.25) is 5.60 Å². The Labute approximate surface area is 121 Å². The zero-order chi connectivity index (χ0) is 16.9. The van der Waals surface area contributed by atoms with Crippen molar-refractivity contribution in [3.63, 3.8) is 0 Å². The summed E-state index contributed by atoms with van der Waals surface area (Å²) in [5.41, 5.74) is 1.21. The van der Waals surface area contributed by atoms with Gasteiger partial charge in [-0.25, -0.2) is 4.79 Å². The highest BCUT2D eigenvalue weighted by atomic mass is 19.4. The molecule has 124 valence electrons. The predicted octanol–water partition coefficient (Wildman–Crippen LogP) is -1.32. The van der Waals surface area contributed by atoms with Gasteiger partial charge < -0.3 is 25.8 Å². The number of hydrogen-bond donors (Lipinski definition) is 4. The van der Waals surface area contributed by atoms with Crippen LogP contribution in [0.3, 0.4) is 0 Å². The largest absolute Gasteiger partial charge is 0.422 e. The summed E-state index contributed by atoms with van der Waals surface area (Å²) in [4.78, 5) is 15.1. The van der Waals surface area contributed by atoms with E-state index in [-0.39, 0.29) is 11.4 Å². The van der Waals surface area contributed by atoms with Crippen LogP contribution in [0.15, 0.2) is 11.0 Å². The van der Waals surface area contributed by atoms with Crippen LogP contribution in [0.4, 0.5) is 19.0 Å². The number of nitrogens with zero attached hydrogens (tertiary/aromatic N) is 2. The molecule has 5 N–H and O–H groups in total. The Kier molecular flexibility index (Phi) is 3.94. The number of aliphatic hydroxyl groups excluding tert-OH is 3. The molecule has 2 heterocycles. The van der Waals surface area contributed by atoms with Gasteiger partial charge in [0, 0.05) is 11.8 Å². The number of aromatic nitrogens is 2. The molecule has 22 heavy (non-hydrogen) atoms. The summed E-state index contributed by atoms with van der Waals surface area (Å²) in [6, 6.07) is 0. The fourth-order valence-corrected chi connectivity index (χ4v) is 2.22. The Morgan fingerprint density at radius 1 is 1.50 bits per heavy atom. The smallest absolute Gasteiger partial charge is 0.393 e. The molecule has 1 aliphatic heterocycles. The normalized spacial score (nSPS) is 32.4. The highest BCUT2D eigenvalue weighted by Crippen LogP contribution is 2.46. The van der Waals surface area contributed by atoms with Crippen molar-refractivity contribution >= 4 is 5.82 Å². The van der Waals surface area contributed by atoms with Crippen LogP contribution >= 0.6 is 0 Å². The van der Waals surface area contributed by atoms with Crippen LogP contribution in [0.2, 0.25) is 0 Å². The Balaban J connectivity index is 2.52. The van der Waals surface area contributed by atoms with Gasteiger partial charge in [0.05, 0.1) is 6.61 Å². The summed E-state index contributed by atoms with van der Waals surface area (Å²) in [7, 11) is 0. The summed E-state index contributed by atoms with van der Waals surface area (Å²) < 4.78 is 44.5. The number of alkyl halides is 3. The van der Waals surface area contributed by atoms with E-state index in [1.165, 1.54) is 6.92 Å². The second kappa shape index (κ2) is 5.19. The van der Waals surface area contributed by atoms with Crippen molar-refractivity contribution in [1.29, 1.82) is 0 Å². The van der Waals surface area contributed by atoms with Crippen LogP contribution in [0.1, 0.15) is 11.8 Å². The van der Waals surface area contributed by atoms with Crippen LogP contribution < -0.4 is 11.4 Å². The van der Waals surface area contributed by atoms with E-state index in [2.05, 4.69) is 9.72 Å². The van der Waals surface area contributed by atoms with Gasteiger partial charge in [-0.15, -0.1) is 0 Å². The van der Waals surface area contributed by atoms with Crippen molar-refractivity contribution in [3.8, 4) is 0 Å². The minimum atomic E-state index is -5.17. The molecule has 0 aromatic carbocycles. The van der Waals surface area contributed by atoms with E-state index in [1.807, 2.05) is 0 Å². The third kappa shape index (κ3) is 2.26. The summed E-state index contributed by atoms with van der Waals surface area (Å²) >= 11 is 0. The van der Waals surface area contributed by atoms with E-state index < -0.39 is 42.5 Å². The molecule has 2 rings (SSSR count). The van der Waals surface area contributed by atoms with E-state index >= 15 is 0 Å². The molecule has 1 fully saturated rings. The maximum Gasteiger partial charge on any atom is 0.422 e. The van der Waals surface area contributed by atoms with Gasteiger partial charge in [-0.2, -0.15) is 18.2 Å². The molecule has 1 saturated heterocycles. The summed E-state index contributed by atoms with van der Waals surface area (Å²) in [5, 5.41) is 28.5. The van der Waals surface area contributed by atoms with Gasteiger partial charge in [0.15, 0.2) is 6.23 Å². The molecule has 11 heteroatoms. The van der Waals surface area contributed by atoms with Crippen LogP contribution in [0.5, 0.6) is 0 Å². The lowest BCUT2D eigenvalue weighted by Gasteiger charge is -2.31. The van der Waals surface area contributed by atoms with Crippen molar-refractivity contribution in [1.82, 2.24) is 9.55 Å². The minimum Gasteiger partial charge on any atom is -0.393 e.